The normalized spacial score (nSPS) is 12.8. The molecule has 0 aliphatic heterocycles. The van der Waals surface area contributed by atoms with Crippen LogP contribution in [0.25, 0.3) is 11.0 Å². The predicted octanol–water partition coefficient (Wildman–Crippen LogP) is 2.55. The molecule has 3 aromatic rings. The van der Waals surface area contributed by atoms with Crippen LogP contribution in [0.1, 0.15) is 23.2 Å². The minimum absolute atomic E-state index is 0.482. The first kappa shape index (κ1) is 12.8. The molecule has 0 spiro atoms. The van der Waals surface area contributed by atoms with Crippen molar-refractivity contribution < 1.29 is 5.11 Å². The fourth-order valence-corrected chi connectivity index (χ4v) is 2.35. The number of fused-ring (bicyclic) bond motifs is 1. The molecule has 0 aliphatic rings. The van der Waals surface area contributed by atoms with Gasteiger partial charge in [0, 0.05) is 25.4 Å². The molecule has 0 saturated heterocycles. The SMILES string of the molecule is Cc1ccc(C(O)Cc2nc3ccccc3n2C)cn1. The first-order valence-corrected chi connectivity index (χ1v) is 6.66. The van der Waals surface area contributed by atoms with Gasteiger partial charge in [0.15, 0.2) is 0 Å². The van der Waals surface area contributed by atoms with E-state index in [-0.39, 0.29) is 0 Å². The number of aliphatic hydroxyl groups excluding tert-OH is 1. The van der Waals surface area contributed by atoms with Crippen molar-refractivity contribution in [3.63, 3.8) is 0 Å². The summed E-state index contributed by atoms with van der Waals surface area (Å²) in [5.74, 6) is 0.874. The van der Waals surface area contributed by atoms with E-state index < -0.39 is 6.10 Å². The standard InChI is InChI=1S/C16H17N3O/c1-11-7-8-12(10-17-11)15(20)9-16-18-13-5-3-4-6-14(13)19(16)2/h3-8,10,15,20H,9H2,1-2H3. The second-order valence-corrected chi connectivity index (χ2v) is 5.03. The molecule has 0 amide bonds. The predicted molar refractivity (Wildman–Crippen MR) is 78.4 cm³/mol. The number of aliphatic hydroxyl groups is 1. The Morgan fingerprint density at radius 1 is 1.20 bits per heavy atom. The van der Waals surface area contributed by atoms with Crippen LogP contribution < -0.4 is 0 Å². The lowest BCUT2D eigenvalue weighted by Crippen LogP contribution is -2.07. The summed E-state index contributed by atoms with van der Waals surface area (Å²) < 4.78 is 2.03. The minimum atomic E-state index is -0.585. The second-order valence-electron chi connectivity index (χ2n) is 5.03. The van der Waals surface area contributed by atoms with Gasteiger partial charge in [0.05, 0.1) is 17.1 Å². The third-order valence-electron chi connectivity index (χ3n) is 3.57. The van der Waals surface area contributed by atoms with Crippen molar-refractivity contribution in [3.8, 4) is 0 Å². The van der Waals surface area contributed by atoms with E-state index in [9.17, 15) is 5.11 Å². The molecule has 4 heteroatoms. The van der Waals surface area contributed by atoms with Crippen molar-refractivity contribution in [1.82, 2.24) is 14.5 Å². The van der Waals surface area contributed by atoms with Gasteiger partial charge in [-0.25, -0.2) is 4.98 Å². The highest BCUT2D eigenvalue weighted by Crippen LogP contribution is 2.20. The van der Waals surface area contributed by atoms with Crippen molar-refractivity contribution in [2.24, 2.45) is 7.05 Å². The molecule has 1 atom stereocenters. The van der Waals surface area contributed by atoms with E-state index in [1.807, 2.05) is 54.9 Å². The van der Waals surface area contributed by atoms with Gasteiger partial charge in [-0.2, -0.15) is 0 Å². The number of aryl methyl sites for hydroxylation is 2. The van der Waals surface area contributed by atoms with Crippen LogP contribution in [0, 0.1) is 6.92 Å². The smallest absolute Gasteiger partial charge is 0.112 e. The molecule has 3 rings (SSSR count). The summed E-state index contributed by atoms with van der Waals surface area (Å²) in [6, 6.07) is 11.8. The molecule has 0 fully saturated rings. The van der Waals surface area contributed by atoms with E-state index in [1.165, 1.54) is 0 Å². The van der Waals surface area contributed by atoms with Crippen LogP contribution in [0.2, 0.25) is 0 Å². The lowest BCUT2D eigenvalue weighted by atomic mass is 10.1. The van der Waals surface area contributed by atoms with E-state index in [0.29, 0.717) is 6.42 Å². The Hall–Kier alpha value is -2.20. The molecule has 20 heavy (non-hydrogen) atoms. The molecule has 1 aromatic carbocycles. The third-order valence-corrected chi connectivity index (χ3v) is 3.57. The summed E-state index contributed by atoms with van der Waals surface area (Å²) >= 11 is 0. The van der Waals surface area contributed by atoms with Gasteiger partial charge in [-0.15, -0.1) is 0 Å². The van der Waals surface area contributed by atoms with Crippen molar-refractivity contribution >= 4 is 11.0 Å². The Kier molecular flexibility index (Phi) is 3.24. The lowest BCUT2D eigenvalue weighted by molar-refractivity contribution is 0.174. The number of benzene rings is 1. The highest BCUT2D eigenvalue weighted by Gasteiger charge is 2.14. The maximum Gasteiger partial charge on any atom is 0.112 e. The Balaban J connectivity index is 1.89. The van der Waals surface area contributed by atoms with Crippen LogP contribution >= 0.6 is 0 Å². The van der Waals surface area contributed by atoms with Crippen molar-refractivity contribution in [1.29, 1.82) is 0 Å². The van der Waals surface area contributed by atoms with Gasteiger partial charge in [-0.05, 0) is 30.7 Å². The van der Waals surface area contributed by atoms with Gasteiger partial charge in [0.2, 0.25) is 0 Å². The van der Waals surface area contributed by atoms with E-state index in [2.05, 4.69) is 9.97 Å². The van der Waals surface area contributed by atoms with Gasteiger partial charge in [0.1, 0.15) is 5.82 Å². The van der Waals surface area contributed by atoms with Gasteiger partial charge in [-0.1, -0.05) is 18.2 Å². The summed E-state index contributed by atoms with van der Waals surface area (Å²) in [6.07, 6.45) is 1.62. The maximum absolute atomic E-state index is 10.3. The largest absolute Gasteiger partial charge is 0.388 e. The lowest BCUT2D eigenvalue weighted by Gasteiger charge is -2.10. The molecular formula is C16H17N3O. The highest BCUT2D eigenvalue weighted by molar-refractivity contribution is 5.75. The number of nitrogens with zero attached hydrogens (tertiary/aromatic N) is 3. The monoisotopic (exact) mass is 267 g/mol. The van der Waals surface area contributed by atoms with Crippen LogP contribution in [-0.2, 0) is 13.5 Å². The number of para-hydroxylation sites is 2. The Bertz CT molecular complexity index is 731. The molecule has 102 valence electrons. The van der Waals surface area contributed by atoms with Gasteiger partial charge in [-0.3, -0.25) is 4.98 Å². The number of hydrogen-bond donors (Lipinski definition) is 1. The van der Waals surface area contributed by atoms with E-state index >= 15 is 0 Å². The Labute approximate surface area is 117 Å². The zero-order chi connectivity index (χ0) is 14.1. The first-order valence-electron chi connectivity index (χ1n) is 6.66. The molecule has 0 radical (unpaired) electrons. The maximum atomic E-state index is 10.3. The first-order chi connectivity index (χ1) is 9.65. The van der Waals surface area contributed by atoms with Crippen LogP contribution in [0.5, 0.6) is 0 Å². The van der Waals surface area contributed by atoms with E-state index in [0.717, 1.165) is 28.1 Å². The molecular weight excluding hydrogens is 250 g/mol. The van der Waals surface area contributed by atoms with Crippen LogP contribution in [0.3, 0.4) is 0 Å². The van der Waals surface area contributed by atoms with Crippen molar-refractivity contribution in [2.45, 2.75) is 19.4 Å². The number of rotatable bonds is 3. The zero-order valence-electron chi connectivity index (χ0n) is 11.6. The molecule has 0 bridgehead atoms. The summed E-state index contributed by atoms with van der Waals surface area (Å²) in [5, 5.41) is 10.3. The molecule has 4 nitrogen and oxygen atoms in total. The summed E-state index contributed by atoms with van der Waals surface area (Å²) in [4.78, 5) is 8.80. The highest BCUT2D eigenvalue weighted by atomic mass is 16.3. The Morgan fingerprint density at radius 3 is 2.70 bits per heavy atom. The molecule has 1 N–H and O–H groups in total. The summed E-state index contributed by atoms with van der Waals surface area (Å²) in [5.41, 5.74) is 3.81. The fraction of sp³-hybridized carbons (Fsp3) is 0.250. The summed E-state index contributed by atoms with van der Waals surface area (Å²) in [6.45, 7) is 1.93. The molecule has 1 unspecified atom stereocenters. The summed E-state index contributed by atoms with van der Waals surface area (Å²) in [7, 11) is 1.98. The Morgan fingerprint density at radius 2 is 2.00 bits per heavy atom. The molecule has 0 saturated carbocycles. The van der Waals surface area contributed by atoms with Gasteiger partial charge >= 0.3 is 0 Å². The van der Waals surface area contributed by atoms with Crippen LogP contribution in [0.4, 0.5) is 0 Å². The van der Waals surface area contributed by atoms with E-state index in [1.54, 1.807) is 6.20 Å². The topological polar surface area (TPSA) is 50.9 Å². The van der Waals surface area contributed by atoms with Crippen molar-refractivity contribution in [3.05, 3.63) is 59.7 Å². The molecule has 2 heterocycles. The molecule has 0 aliphatic carbocycles. The van der Waals surface area contributed by atoms with Crippen molar-refractivity contribution in [2.75, 3.05) is 0 Å². The minimum Gasteiger partial charge on any atom is -0.388 e. The number of imidazole rings is 1. The second kappa shape index (κ2) is 5.06. The number of aromatic nitrogens is 3. The van der Waals surface area contributed by atoms with Crippen LogP contribution in [-0.4, -0.2) is 19.6 Å². The third kappa shape index (κ3) is 2.30. The number of pyridine rings is 1. The van der Waals surface area contributed by atoms with Gasteiger partial charge < -0.3 is 9.67 Å². The zero-order valence-corrected chi connectivity index (χ0v) is 11.6. The fourth-order valence-electron chi connectivity index (χ4n) is 2.35. The average molecular weight is 267 g/mol. The number of hydrogen-bond acceptors (Lipinski definition) is 3. The van der Waals surface area contributed by atoms with Crippen LogP contribution in [0.15, 0.2) is 42.6 Å². The van der Waals surface area contributed by atoms with E-state index in [4.69, 9.17) is 0 Å². The van der Waals surface area contributed by atoms with Gasteiger partial charge in [0.25, 0.3) is 0 Å². The average Bonchev–Trinajstić information content (AvgIpc) is 2.77. The molecule has 2 aromatic heterocycles. The quantitative estimate of drug-likeness (QED) is 0.793.